The Kier molecular flexibility index (Phi) is 5.24. The molecule has 1 aromatic carbocycles. The van der Waals surface area contributed by atoms with Crippen molar-refractivity contribution in [3.05, 3.63) is 54.0 Å². The minimum atomic E-state index is -0.0595. The van der Waals surface area contributed by atoms with E-state index in [0.717, 1.165) is 24.4 Å². The van der Waals surface area contributed by atoms with Crippen molar-refractivity contribution in [1.29, 1.82) is 0 Å². The lowest BCUT2D eigenvalue weighted by Gasteiger charge is -2.11. The highest BCUT2D eigenvalue weighted by molar-refractivity contribution is 5.99. The fourth-order valence-corrected chi connectivity index (χ4v) is 1.94. The van der Waals surface area contributed by atoms with Gasteiger partial charge in [0.15, 0.2) is 0 Å². The summed E-state index contributed by atoms with van der Waals surface area (Å²) in [5.74, 6) is 0.818. The summed E-state index contributed by atoms with van der Waals surface area (Å²) in [6.45, 7) is 3.52. The number of benzene rings is 1. The lowest BCUT2D eigenvalue weighted by atomic mass is 10.1. The van der Waals surface area contributed by atoms with Crippen molar-refractivity contribution in [2.24, 2.45) is 0 Å². The van der Waals surface area contributed by atoms with E-state index >= 15 is 0 Å². The van der Waals surface area contributed by atoms with Crippen LogP contribution in [0.3, 0.4) is 0 Å². The molecule has 0 aliphatic heterocycles. The summed E-state index contributed by atoms with van der Waals surface area (Å²) in [5, 5.41) is 6.18. The number of carbonyl (C=O) groups excluding carboxylic acids is 1. The maximum Gasteiger partial charge on any atom is 0.253 e. The van der Waals surface area contributed by atoms with E-state index in [1.165, 1.54) is 0 Å². The normalized spacial score (nSPS) is 10.2. The Morgan fingerprint density at radius 3 is 2.75 bits per heavy atom. The zero-order valence-electron chi connectivity index (χ0n) is 11.7. The van der Waals surface area contributed by atoms with Gasteiger partial charge in [0, 0.05) is 25.2 Å². The van der Waals surface area contributed by atoms with Crippen molar-refractivity contribution in [2.75, 3.05) is 18.4 Å². The lowest BCUT2D eigenvalue weighted by Crippen LogP contribution is -2.26. The van der Waals surface area contributed by atoms with Gasteiger partial charge in [0.25, 0.3) is 5.91 Å². The molecule has 0 aliphatic rings. The van der Waals surface area contributed by atoms with Gasteiger partial charge in [0.2, 0.25) is 0 Å². The molecule has 4 nitrogen and oxygen atoms in total. The summed E-state index contributed by atoms with van der Waals surface area (Å²) in [4.78, 5) is 12.2. The van der Waals surface area contributed by atoms with Crippen molar-refractivity contribution in [3.8, 4) is 0 Å². The predicted octanol–water partition coefficient (Wildman–Crippen LogP) is 3.07. The van der Waals surface area contributed by atoms with Gasteiger partial charge >= 0.3 is 0 Å². The molecular weight excluding hydrogens is 252 g/mol. The second-order valence-electron chi connectivity index (χ2n) is 4.56. The maximum absolute atomic E-state index is 12.2. The molecule has 1 amide bonds. The summed E-state index contributed by atoms with van der Waals surface area (Å²) in [5.41, 5.74) is 1.56. The fourth-order valence-electron chi connectivity index (χ4n) is 1.94. The Bertz CT molecular complexity index is 535. The number of rotatable bonds is 7. The van der Waals surface area contributed by atoms with Gasteiger partial charge in [0.1, 0.15) is 5.76 Å². The van der Waals surface area contributed by atoms with Crippen molar-refractivity contribution in [1.82, 2.24) is 5.32 Å². The predicted molar refractivity (Wildman–Crippen MR) is 80.0 cm³/mol. The monoisotopic (exact) mass is 272 g/mol. The Balaban J connectivity index is 1.91. The first-order valence-electron chi connectivity index (χ1n) is 6.94. The van der Waals surface area contributed by atoms with E-state index in [-0.39, 0.29) is 5.91 Å². The van der Waals surface area contributed by atoms with E-state index in [0.29, 0.717) is 18.5 Å². The standard InChI is InChI=1S/C16H20N2O2/c1-2-10-17-15-8-4-3-7-14(15)16(19)18-11-9-13-6-5-12-20-13/h3-8,12,17H,2,9-11H2,1H3,(H,18,19). The van der Waals surface area contributed by atoms with Gasteiger partial charge in [-0.25, -0.2) is 0 Å². The smallest absolute Gasteiger partial charge is 0.253 e. The second kappa shape index (κ2) is 7.38. The number of nitrogens with one attached hydrogen (secondary N) is 2. The van der Waals surface area contributed by atoms with Crippen molar-refractivity contribution < 1.29 is 9.21 Å². The van der Waals surface area contributed by atoms with Crippen LogP contribution < -0.4 is 10.6 Å². The Hall–Kier alpha value is -2.23. The fraction of sp³-hybridized carbons (Fsp3) is 0.312. The topological polar surface area (TPSA) is 54.3 Å². The molecule has 20 heavy (non-hydrogen) atoms. The van der Waals surface area contributed by atoms with Crippen molar-refractivity contribution in [3.63, 3.8) is 0 Å². The third-order valence-corrected chi connectivity index (χ3v) is 2.97. The van der Waals surface area contributed by atoms with E-state index in [9.17, 15) is 4.79 Å². The first-order chi connectivity index (χ1) is 9.81. The number of hydrogen-bond donors (Lipinski definition) is 2. The highest BCUT2D eigenvalue weighted by atomic mass is 16.3. The molecule has 1 aromatic heterocycles. The Morgan fingerprint density at radius 2 is 2.00 bits per heavy atom. The molecule has 0 saturated carbocycles. The molecule has 0 saturated heterocycles. The number of furan rings is 1. The molecule has 4 heteroatoms. The zero-order valence-corrected chi connectivity index (χ0v) is 11.7. The van der Waals surface area contributed by atoms with Gasteiger partial charge in [-0.2, -0.15) is 0 Å². The molecule has 0 spiro atoms. The molecule has 0 atom stereocenters. The van der Waals surface area contributed by atoms with Gasteiger partial charge < -0.3 is 15.1 Å². The summed E-state index contributed by atoms with van der Waals surface area (Å²) in [6, 6.07) is 11.3. The third-order valence-electron chi connectivity index (χ3n) is 2.97. The quantitative estimate of drug-likeness (QED) is 0.814. The minimum Gasteiger partial charge on any atom is -0.469 e. The molecular formula is C16H20N2O2. The zero-order chi connectivity index (χ0) is 14.2. The van der Waals surface area contributed by atoms with Crippen LogP contribution in [0.4, 0.5) is 5.69 Å². The summed E-state index contributed by atoms with van der Waals surface area (Å²) >= 11 is 0. The molecule has 0 unspecified atom stereocenters. The molecule has 2 rings (SSSR count). The van der Waals surface area contributed by atoms with Crippen LogP contribution in [0.2, 0.25) is 0 Å². The first kappa shape index (κ1) is 14.2. The number of amides is 1. The maximum atomic E-state index is 12.2. The SMILES string of the molecule is CCCNc1ccccc1C(=O)NCCc1ccco1. The third kappa shape index (κ3) is 3.88. The van der Waals surface area contributed by atoms with Gasteiger partial charge in [-0.15, -0.1) is 0 Å². The van der Waals surface area contributed by atoms with Crippen LogP contribution in [0.1, 0.15) is 29.5 Å². The van der Waals surface area contributed by atoms with E-state index in [1.54, 1.807) is 6.26 Å². The van der Waals surface area contributed by atoms with Crippen molar-refractivity contribution >= 4 is 11.6 Å². The minimum absolute atomic E-state index is 0.0595. The Labute approximate surface area is 119 Å². The van der Waals surface area contributed by atoms with Gasteiger partial charge in [-0.05, 0) is 30.7 Å². The van der Waals surface area contributed by atoms with Crippen LogP contribution in [0.25, 0.3) is 0 Å². The molecule has 0 aliphatic carbocycles. The van der Waals surface area contributed by atoms with Crippen LogP contribution in [-0.4, -0.2) is 19.0 Å². The number of para-hydroxylation sites is 1. The second-order valence-corrected chi connectivity index (χ2v) is 4.56. The van der Waals surface area contributed by atoms with Gasteiger partial charge in [0.05, 0.1) is 11.8 Å². The van der Waals surface area contributed by atoms with Gasteiger partial charge in [-0.3, -0.25) is 4.79 Å². The van der Waals surface area contributed by atoms with Crippen LogP contribution in [0.15, 0.2) is 47.1 Å². The summed E-state index contributed by atoms with van der Waals surface area (Å²) in [7, 11) is 0. The number of carbonyl (C=O) groups is 1. The molecule has 2 aromatic rings. The van der Waals surface area contributed by atoms with Crippen LogP contribution in [-0.2, 0) is 6.42 Å². The van der Waals surface area contributed by atoms with Crippen molar-refractivity contribution in [2.45, 2.75) is 19.8 Å². The highest BCUT2D eigenvalue weighted by Gasteiger charge is 2.10. The van der Waals surface area contributed by atoms with Gasteiger partial charge in [-0.1, -0.05) is 19.1 Å². The van der Waals surface area contributed by atoms with Crippen LogP contribution >= 0.6 is 0 Å². The van der Waals surface area contributed by atoms with E-state index in [1.807, 2.05) is 36.4 Å². The van der Waals surface area contributed by atoms with E-state index in [2.05, 4.69) is 17.6 Å². The van der Waals surface area contributed by atoms with Crippen LogP contribution in [0.5, 0.6) is 0 Å². The van der Waals surface area contributed by atoms with Crippen LogP contribution in [0, 0.1) is 0 Å². The number of hydrogen-bond acceptors (Lipinski definition) is 3. The molecule has 106 valence electrons. The highest BCUT2D eigenvalue weighted by Crippen LogP contribution is 2.14. The largest absolute Gasteiger partial charge is 0.469 e. The average molecular weight is 272 g/mol. The molecule has 0 bridgehead atoms. The molecule has 0 radical (unpaired) electrons. The average Bonchev–Trinajstić information content (AvgIpc) is 2.98. The van der Waals surface area contributed by atoms with E-state index in [4.69, 9.17) is 4.42 Å². The molecule has 1 heterocycles. The number of anilines is 1. The van der Waals surface area contributed by atoms with E-state index < -0.39 is 0 Å². The summed E-state index contributed by atoms with van der Waals surface area (Å²) in [6.07, 6.45) is 3.36. The molecule has 0 fully saturated rings. The first-order valence-corrected chi connectivity index (χ1v) is 6.94. The lowest BCUT2D eigenvalue weighted by molar-refractivity contribution is 0.0954. The Morgan fingerprint density at radius 1 is 1.15 bits per heavy atom. The molecule has 2 N–H and O–H groups in total. The summed E-state index contributed by atoms with van der Waals surface area (Å²) < 4.78 is 5.23.